The van der Waals surface area contributed by atoms with Crippen molar-refractivity contribution in [2.24, 2.45) is 0 Å². The van der Waals surface area contributed by atoms with E-state index in [4.69, 9.17) is 0 Å². The highest BCUT2D eigenvalue weighted by Gasteiger charge is 2.27. The van der Waals surface area contributed by atoms with Crippen LogP contribution in [0.5, 0.6) is 0 Å². The molecule has 0 aromatic rings. The van der Waals surface area contributed by atoms with Crippen LogP contribution < -0.4 is 4.72 Å². The van der Waals surface area contributed by atoms with Gasteiger partial charge < -0.3 is 4.90 Å². The summed E-state index contributed by atoms with van der Waals surface area (Å²) in [5.41, 5.74) is 0. The monoisotopic (exact) mass is 345 g/mol. The Kier molecular flexibility index (Phi) is 6.85. The SMILES string of the molecule is CCN(C(=O)CN1CCC(NS(C)(=O)=O)CC1)C1CCCCC1. The van der Waals surface area contributed by atoms with Gasteiger partial charge in [-0.15, -0.1) is 0 Å². The molecule has 2 fully saturated rings. The predicted octanol–water partition coefficient (Wildman–Crippen LogP) is 1.18. The first-order chi connectivity index (χ1) is 10.9. The first-order valence-corrected chi connectivity index (χ1v) is 10.8. The maximum absolute atomic E-state index is 12.6. The number of likely N-dealkylation sites (N-methyl/N-ethyl adjacent to an activating group) is 1. The van der Waals surface area contributed by atoms with E-state index in [1.54, 1.807) is 0 Å². The molecular formula is C16H31N3O3S. The molecule has 0 unspecified atom stereocenters. The van der Waals surface area contributed by atoms with Crippen LogP contribution in [0.15, 0.2) is 0 Å². The Labute approximate surface area is 140 Å². The summed E-state index contributed by atoms with van der Waals surface area (Å²) in [6, 6.07) is 0.433. The number of hydrogen-bond acceptors (Lipinski definition) is 4. The molecule has 0 atom stereocenters. The summed E-state index contributed by atoms with van der Waals surface area (Å²) in [5.74, 6) is 0.230. The maximum atomic E-state index is 12.6. The predicted molar refractivity (Wildman–Crippen MR) is 91.7 cm³/mol. The molecule has 0 aromatic carbocycles. The Bertz CT molecular complexity index is 481. The number of carbonyl (C=O) groups is 1. The van der Waals surface area contributed by atoms with Crippen molar-refractivity contribution in [1.82, 2.24) is 14.5 Å². The summed E-state index contributed by atoms with van der Waals surface area (Å²) in [7, 11) is -3.14. The van der Waals surface area contributed by atoms with Crippen molar-refractivity contribution in [3.63, 3.8) is 0 Å². The normalized spacial score (nSPS) is 22.2. The molecule has 134 valence electrons. The molecule has 1 saturated heterocycles. The van der Waals surface area contributed by atoms with Gasteiger partial charge in [-0.05, 0) is 32.6 Å². The zero-order valence-corrected chi connectivity index (χ0v) is 15.3. The average Bonchev–Trinajstić information content (AvgIpc) is 2.50. The van der Waals surface area contributed by atoms with Gasteiger partial charge in [0, 0.05) is 31.7 Å². The molecule has 1 N–H and O–H groups in total. The zero-order chi connectivity index (χ0) is 16.9. The molecule has 1 aliphatic heterocycles. The van der Waals surface area contributed by atoms with E-state index in [1.807, 2.05) is 0 Å². The Morgan fingerprint density at radius 2 is 1.74 bits per heavy atom. The minimum Gasteiger partial charge on any atom is -0.339 e. The van der Waals surface area contributed by atoms with Crippen molar-refractivity contribution in [1.29, 1.82) is 0 Å². The summed E-state index contributed by atoms with van der Waals surface area (Å²) >= 11 is 0. The van der Waals surface area contributed by atoms with Gasteiger partial charge in [-0.1, -0.05) is 19.3 Å². The fourth-order valence-corrected chi connectivity index (χ4v) is 4.67. The fraction of sp³-hybridized carbons (Fsp3) is 0.938. The van der Waals surface area contributed by atoms with Crippen LogP contribution in [0.3, 0.4) is 0 Å². The first-order valence-electron chi connectivity index (χ1n) is 8.88. The van der Waals surface area contributed by atoms with Gasteiger partial charge in [0.2, 0.25) is 15.9 Å². The lowest BCUT2D eigenvalue weighted by Crippen LogP contribution is -2.50. The number of sulfonamides is 1. The number of amides is 1. The Morgan fingerprint density at radius 3 is 2.26 bits per heavy atom. The summed E-state index contributed by atoms with van der Waals surface area (Å²) in [5, 5.41) is 0. The summed E-state index contributed by atoms with van der Waals surface area (Å²) in [6.45, 7) is 4.88. The molecule has 6 nitrogen and oxygen atoms in total. The summed E-state index contributed by atoms with van der Waals surface area (Å²) in [6.07, 6.45) is 8.79. The van der Waals surface area contributed by atoms with E-state index in [0.29, 0.717) is 12.6 Å². The first kappa shape index (κ1) is 18.7. The van der Waals surface area contributed by atoms with Gasteiger partial charge in [0.25, 0.3) is 0 Å². The van der Waals surface area contributed by atoms with Crippen LogP contribution in [0, 0.1) is 0 Å². The van der Waals surface area contributed by atoms with E-state index < -0.39 is 10.0 Å². The average molecular weight is 346 g/mol. The minimum atomic E-state index is -3.14. The van der Waals surface area contributed by atoms with Crippen LogP contribution in [0.25, 0.3) is 0 Å². The van der Waals surface area contributed by atoms with Crippen LogP contribution in [-0.2, 0) is 14.8 Å². The Balaban J connectivity index is 1.79. The molecule has 2 aliphatic rings. The summed E-state index contributed by atoms with van der Waals surface area (Å²) in [4.78, 5) is 16.8. The van der Waals surface area contributed by atoms with Gasteiger partial charge in [-0.2, -0.15) is 0 Å². The van der Waals surface area contributed by atoms with Gasteiger partial charge in [0.15, 0.2) is 0 Å². The molecule has 23 heavy (non-hydrogen) atoms. The third kappa shape index (κ3) is 6.04. The van der Waals surface area contributed by atoms with Crippen LogP contribution in [0.2, 0.25) is 0 Å². The highest BCUT2D eigenvalue weighted by Crippen LogP contribution is 2.23. The van der Waals surface area contributed by atoms with Gasteiger partial charge in [0.1, 0.15) is 0 Å². The van der Waals surface area contributed by atoms with Gasteiger partial charge in [-0.25, -0.2) is 13.1 Å². The molecule has 0 spiro atoms. The van der Waals surface area contributed by atoms with E-state index in [-0.39, 0.29) is 11.9 Å². The van der Waals surface area contributed by atoms with Crippen molar-refractivity contribution in [2.75, 3.05) is 32.4 Å². The van der Waals surface area contributed by atoms with Crippen molar-refractivity contribution < 1.29 is 13.2 Å². The number of hydrogen-bond donors (Lipinski definition) is 1. The number of carbonyl (C=O) groups excluding carboxylic acids is 1. The molecule has 7 heteroatoms. The van der Waals surface area contributed by atoms with Crippen LogP contribution >= 0.6 is 0 Å². The number of likely N-dealkylation sites (tertiary alicyclic amines) is 1. The van der Waals surface area contributed by atoms with E-state index in [0.717, 1.165) is 45.3 Å². The van der Waals surface area contributed by atoms with Crippen molar-refractivity contribution in [3.05, 3.63) is 0 Å². The third-order valence-corrected chi connectivity index (χ3v) is 5.77. The van der Waals surface area contributed by atoms with Crippen molar-refractivity contribution >= 4 is 15.9 Å². The van der Waals surface area contributed by atoms with Crippen molar-refractivity contribution in [3.8, 4) is 0 Å². The Morgan fingerprint density at radius 1 is 1.13 bits per heavy atom. The molecule has 0 radical (unpaired) electrons. The van der Waals surface area contributed by atoms with Gasteiger partial charge in [-0.3, -0.25) is 9.69 Å². The van der Waals surface area contributed by atoms with Crippen LogP contribution in [0.1, 0.15) is 51.9 Å². The third-order valence-electron chi connectivity index (χ3n) is 5.00. The van der Waals surface area contributed by atoms with Gasteiger partial charge in [0.05, 0.1) is 12.8 Å². The molecule has 1 aliphatic carbocycles. The second-order valence-corrected chi connectivity index (χ2v) is 8.69. The molecule has 1 heterocycles. The number of rotatable bonds is 6. The van der Waals surface area contributed by atoms with Gasteiger partial charge >= 0.3 is 0 Å². The Hall–Kier alpha value is -0.660. The highest BCUT2D eigenvalue weighted by atomic mass is 32.2. The molecule has 2 rings (SSSR count). The summed E-state index contributed by atoms with van der Waals surface area (Å²) < 4.78 is 25.2. The fourth-order valence-electron chi connectivity index (χ4n) is 3.82. The second kappa shape index (κ2) is 8.44. The quantitative estimate of drug-likeness (QED) is 0.785. The largest absolute Gasteiger partial charge is 0.339 e. The molecule has 1 saturated carbocycles. The minimum absolute atomic E-state index is 0.0111. The zero-order valence-electron chi connectivity index (χ0n) is 14.5. The number of piperidine rings is 1. The van der Waals surface area contributed by atoms with E-state index in [1.165, 1.54) is 25.5 Å². The lowest BCUT2D eigenvalue weighted by Gasteiger charge is -2.37. The molecule has 1 amide bonds. The molecular weight excluding hydrogens is 314 g/mol. The highest BCUT2D eigenvalue weighted by molar-refractivity contribution is 7.88. The van der Waals surface area contributed by atoms with E-state index >= 15 is 0 Å². The number of nitrogens with one attached hydrogen (secondary N) is 1. The lowest BCUT2D eigenvalue weighted by atomic mass is 9.94. The van der Waals surface area contributed by atoms with E-state index in [2.05, 4.69) is 21.4 Å². The molecule has 0 aromatic heterocycles. The topological polar surface area (TPSA) is 69.7 Å². The second-order valence-electron chi connectivity index (χ2n) is 6.91. The van der Waals surface area contributed by atoms with Crippen LogP contribution in [0.4, 0.5) is 0 Å². The molecule has 0 bridgehead atoms. The number of nitrogens with zero attached hydrogens (tertiary/aromatic N) is 2. The van der Waals surface area contributed by atoms with Crippen molar-refractivity contribution in [2.45, 2.75) is 64.0 Å². The standard InChI is InChI=1S/C16H31N3O3S/c1-3-19(15-7-5-4-6-8-15)16(20)13-18-11-9-14(10-12-18)17-23(2,21)22/h14-15,17H,3-13H2,1-2H3. The maximum Gasteiger partial charge on any atom is 0.236 e. The van der Waals surface area contributed by atoms with Crippen LogP contribution in [-0.4, -0.2) is 68.6 Å². The smallest absolute Gasteiger partial charge is 0.236 e. The van der Waals surface area contributed by atoms with E-state index in [9.17, 15) is 13.2 Å². The lowest BCUT2D eigenvalue weighted by molar-refractivity contribution is -0.135.